The van der Waals surface area contributed by atoms with Crippen LogP contribution in [0, 0.1) is 0 Å². The van der Waals surface area contributed by atoms with Crippen molar-refractivity contribution in [3.8, 4) is 0 Å². The lowest BCUT2D eigenvalue weighted by atomic mass is 10.1. The molecule has 0 saturated carbocycles. The van der Waals surface area contributed by atoms with Crippen LogP contribution in [0.4, 0.5) is 5.69 Å². The molecule has 108 valence electrons. The van der Waals surface area contributed by atoms with Gasteiger partial charge in [0.25, 0.3) is 0 Å². The Labute approximate surface area is 142 Å². The lowest BCUT2D eigenvalue weighted by Crippen LogP contribution is -2.17. The maximum atomic E-state index is 6.12. The summed E-state index contributed by atoms with van der Waals surface area (Å²) in [5.41, 5.74) is 6.30. The van der Waals surface area contributed by atoms with E-state index in [0.717, 1.165) is 32.9 Å². The van der Waals surface area contributed by atoms with E-state index in [9.17, 15) is 0 Å². The van der Waals surface area contributed by atoms with E-state index in [-0.39, 0.29) is 0 Å². The zero-order chi connectivity index (χ0) is 14.8. The predicted octanol–water partition coefficient (Wildman–Crippen LogP) is 5.80. The number of hydrazone groups is 1. The van der Waals surface area contributed by atoms with Crippen LogP contribution in [0.1, 0.15) is 18.9 Å². The third-order valence-corrected chi connectivity index (χ3v) is 5.17. The lowest BCUT2D eigenvalue weighted by molar-refractivity contribution is 0.988. The number of halogens is 2. The highest BCUT2D eigenvalue weighted by atomic mass is 79.9. The molecule has 0 radical (unpaired) electrons. The van der Waals surface area contributed by atoms with E-state index < -0.39 is 0 Å². The summed E-state index contributed by atoms with van der Waals surface area (Å²) < 4.78 is 1.06. The average Bonchev–Trinajstić information content (AvgIpc) is 2.47. The Kier molecular flexibility index (Phi) is 4.57. The number of nitrogens with one attached hydrogen (secondary N) is 1. The molecule has 1 aliphatic heterocycles. The van der Waals surface area contributed by atoms with Crippen LogP contribution in [0.2, 0.25) is 5.02 Å². The molecule has 0 fully saturated rings. The third kappa shape index (κ3) is 3.62. The Hall–Kier alpha value is -0.970. The molecule has 5 heteroatoms. The van der Waals surface area contributed by atoms with Gasteiger partial charge in [-0.1, -0.05) is 34.5 Å². The monoisotopic (exact) mass is 380 g/mol. The van der Waals surface area contributed by atoms with E-state index in [1.807, 2.05) is 48.2 Å². The van der Waals surface area contributed by atoms with E-state index >= 15 is 0 Å². The van der Waals surface area contributed by atoms with Gasteiger partial charge in [0.15, 0.2) is 0 Å². The Morgan fingerprint density at radius 1 is 1.24 bits per heavy atom. The largest absolute Gasteiger partial charge is 0.278 e. The lowest BCUT2D eigenvalue weighted by Gasteiger charge is -2.22. The van der Waals surface area contributed by atoms with Crippen LogP contribution in [-0.4, -0.2) is 11.0 Å². The van der Waals surface area contributed by atoms with Gasteiger partial charge >= 0.3 is 0 Å². The summed E-state index contributed by atoms with van der Waals surface area (Å²) >= 11 is 11.4. The Bertz CT molecular complexity index is 685. The van der Waals surface area contributed by atoms with Gasteiger partial charge in [0.2, 0.25) is 0 Å². The van der Waals surface area contributed by atoms with Crippen molar-refractivity contribution in [2.45, 2.75) is 23.5 Å². The van der Waals surface area contributed by atoms with E-state index in [2.05, 4.69) is 39.4 Å². The number of anilines is 1. The minimum atomic E-state index is 0.518. The highest BCUT2D eigenvalue weighted by Crippen LogP contribution is 2.36. The summed E-state index contributed by atoms with van der Waals surface area (Å²) in [5.74, 6) is 0. The number of hydrogen-bond donors (Lipinski definition) is 1. The first-order chi connectivity index (χ1) is 10.1. The van der Waals surface area contributed by atoms with Gasteiger partial charge in [-0.3, -0.25) is 5.43 Å². The fourth-order valence-corrected chi connectivity index (χ4v) is 3.79. The molecule has 0 aromatic heterocycles. The van der Waals surface area contributed by atoms with Crippen molar-refractivity contribution in [2.75, 3.05) is 5.43 Å². The summed E-state index contributed by atoms with van der Waals surface area (Å²) in [7, 11) is 0. The predicted molar refractivity (Wildman–Crippen MR) is 95.7 cm³/mol. The van der Waals surface area contributed by atoms with E-state index in [0.29, 0.717) is 5.25 Å². The fraction of sp³-hybridized carbons (Fsp3) is 0.188. The fourth-order valence-electron chi connectivity index (χ4n) is 2.23. The molecule has 1 N–H and O–H groups in total. The quantitative estimate of drug-likeness (QED) is 0.664. The molecule has 2 aromatic rings. The summed E-state index contributed by atoms with van der Waals surface area (Å²) in [6, 6.07) is 14.0. The molecule has 0 aliphatic carbocycles. The molecular weight excluding hydrogens is 368 g/mol. The molecule has 0 bridgehead atoms. The summed E-state index contributed by atoms with van der Waals surface area (Å²) in [6.45, 7) is 2.22. The molecule has 0 unspecified atom stereocenters. The topological polar surface area (TPSA) is 24.4 Å². The highest BCUT2D eigenvalue weighted by molar-refractivity contribution is 9.10. The van der Waals surface area contributed by atoms with Crippen LogP contribution in [-0.2, 0) is 0 Å². The van der Waals surface area contributed by atoms with Crippen molar-refractivity contribution >= 4 is 50.7 Å². The standard InChI is InChI=1S/C16H14BrClN2S/c1-10-8-15(14-9-12(18)4-7-16(14)21-10)20-19-13-5-2-11(17)3-6-13/h2-7,9-10,19H,8H2,1H3/t10-/m0/s1. The van der Waals surface area contributed by atoms with Crippen molar-refractivity contribution in [3.63, 3.8) is 0 Å². The van der Waals surface area contributed by atoms with E-state index in [4.69, 9.17) is 11.6 Å². The van der Waals surface area contributed by atoms with Crippen LogP contribution in [0.3, 0.4) is 0 Å². The first kappa shape index (κ1) is 14.9. The summed E-state index contributed by atoms with van der Waals surface area (Å²) in [5, 5.41) is 5.86. The van der Waals surface area contributed by atoms with Crippen LogP contribution >= 0.6 is 39.3 Å². The van der Waals surface area contributed by atoms with Crippen molar-refractivity contribution in [2.24, 2.45) is 5.10 Å². The SMILES string of the molecule is C[C@H]1CC(=NNc2ccc(Br)cc2)c2cc(Cl)ccc2S1. The zero-order valence-electron chi connectivity index (χ0n) is 11.4. The molecule has 2 nitrogen and oxygen atoms in total. The second-order valence-electron chi connectivity index (χ2n) is 4.95. The normalized spacial score (nSPS) is 19.4. The van der Waals surface area contributed by atoms with Crippen LogP contribution in [0.15, 0.2) is 56.9 Å². The Balaban J connectivity index is 1.89. The summed E-state index contributed by atoms with van der Waals surface area (Å²) in [4.78, 5) is 1.24. The van der Waals surface area contributed by atoms with Gasteiger partial charge < -0.3 is 0 Å². The molecule has 21 heavy (non-hydrogen) atoms. The molecular formula is C16H14BrClN2S. The number of thioether (sulfide) groups is 1. The van der Waals surface area contributed by atoms with Gasteiger partial charge in [0, 0.05) is 31.6 Å². The third-order valence-electron chi connectivity index (χ3n) is 3.23. The number of fused-ring (bicyclic) bond motifs is 1. The van der Waals surface area contributed by atoms with Gasteiger partial charge in [-0.2, -0.15) is 5.10 Å². The van der Waals surface area contributed by atoms with Gasteiger partial charge in [-0.25, -0.2) is 0 Å². The van der Waals surface area contributed by atoms with Gasteiger partial charge in [0.1, 0.15) is 0 Å². The maximum absolute atomic E-state index is 6.12. The van der Waals surface area contributed by atoms with Crippen molar-refractivity contribution in [1.82, 2.24) is 0 Å². The van der Waals surface area contributed by atoms with Crippen LogP contribution in [0.5, 0.6) is 0 Å². The zero-order valence-corrected chi connectivity index (χ0v) is 14.6. The molecule has 1 atom stereocenters. The minimum Gasteiger partial charge on any atom is -0.278 e. The Morgan fingerprint density at radius 3 is 2.76 bits per heavy atom. The average molecular weight is 382 g/mol. The van der Waals surface area contributed by atoms with E-state index in [1.165, 1.54) is 4.90 Å². The van der Waals surface area contributed by atoms with Crippen molar-refractivity contribution < 1.29 is 0 Å². The second kappa shape index (κ2) is 6.42. The molecule has 0 spiro atoms. The van der Waals surface area contributed by atoms with Crippen molar-refractivity contribution in [3.05, 3.63) is 57.5 Å². The molecule has 3 rings (SSSR count). The van der Waals surface area contributed by atoms with Gasteiger partial charge in [-0.15, -0.1) is 11.8 Å². The smallest absolute Gasteiger partial charge is 0.0702 e. The van der Waals surface area contributed by atoms with Crippen LogP contribution in [0.25, 0.3) is 0 Å². The number of hydrogen-bond acceptors (Lipinski definition) is 3. The first-order valence-electron chi connectivity index (χ1n) is 6.66. The molecule has 1 heterocycles. The number of rotatable bonds is 2. The molecule has 2 aromatic carbocycles. The Morgan fingerprint density at radius 2 is 2.00 bits per heavy atom. The summed E-state index contributed by atoms with van der Waals surface area (Å²) in [6.07, 6.45) is 0.932. The molecule has 0 amide bonds. The second-order valence-corrected chi connectivity index (χ2v) is 7.78. The van der Waals surface area contributed by atoms with E-state index in [1.54, 1.807) is 0 Å². The minimum absolute atomic E-state index is 0.518. The maximum Gasteiger partial charge on any atom is 0.0702 e. The number of benzene rings is 2. The van der Waals surface area contributed by atoms with Crippen molar-refractivity contribution in [1.29, 1.82) is 0 Å². The van der Waals surface area contributed by atoms with Crippen LogP contribution < -0.4 is 5.43 Å². The molecule has 1 aliphatic rings. The highest BCUT2D eigenvalue weighted by Gasteiger charge is 2.21. The van der Waals surface area contributed by atoms with Gasteiger partial charge in [0.05, 0.1) is 11.4 Å². The van der Waals surface area contributed by atoms with Gasteiger partial charge in [-0.05, 0) is 42.5 Å². The molecule has 0 saturated heterocycles. The number of nitrogens with zero attached hydrogens (tertiary/aromatic N) is 1. The first-order valence-corrected chi connectivity index (χ1v) is 8.71.